The molecular weight excluding hydrogens is 422 g/mol. The third kappa shape index (κ3) is 4.99. The number of carbonyl (C=O) groups excluding carboxylic acids is 2. The van der Waals surface area contributed by atoms with Crippen molar-refractivity contribution in [3.63, 3.8) is 0 Å². The zero-order valence-corrected chi connectivity index (χ0v) is 19.6. The zero-order chi connectivity index (χ0) is 22.7. The predicted molar refractivity (Wildman–Crippen MR) is 130 cm³/mol. The van der Waals surface area contributed by atoms with E-state index in [1.165, 1.54) is 11.8 Å². The van der Waals surface area contributed by atoms with E-state index in [9.17, 15) is 9.59 Å². The van der Waals surface area contributed by atoms with Gasteiger partial charge in [0, 0.05) is 12.5 Å². The Morgan fingerprint density at radius 3 is 2.53 bits per heavy atom. The van der Waals surface area contributed by atoms with Gasteiger partial charge in [-0.2, -0.15) is 0 Å². The Labute approximate surface area is 193 Å². The number of carbonyl (C=O) groups is 2. The van der Waals surface area contributed by atoms with Crippen LogP contribution in [0.15, 0.2) is 47.5 Å². The molecule has 2 aliphatic rings. The van der Waals surface area contributed by atoms with E-state index in [1.807, 2.05) is 43.0 Å². The maximum atomic E-state index is 13.4. The maximum absolute atomic E-state index is 13.4. The van der Waals surface area contributed by atoms with E-state index in [2.05, 4.69) is 11.4 Å². The van der Waals surface area contributed by atoms with Crippen molar-refractivity contribution in [3.8, 4) is 5.75 Å². The number of hydrogen-bond acceptors (Lipinski definition) is 5. The number of aliphatic imine (C=N–C) groups is 1. The van der Waals surface area contributed by atoms with Gasteiger partial charge in [-0.15, -0.1) is 0 Å². The first-order chi connectivity index (χ1) is 15.4. The molecule has 1 aliphatic carbocycles. The second-order valence-corrected chi connectivity index (χ2v) is 9.62. The Hall–Kier alpha value is -2.80. The number of amidine groups is 1. The number of methoxy groups -OCH3 is 1. The summed E-state index contributed by atoms with van der Waals surface area (Å²) in [6.45, 7) is 4.09. The Bertz CT molecular complexity index is 1030. The minimum atomic E-state index is -0.477. The maximum Gasteiger partial charge on any atom is 0.242 e. The number of thioether (sulfide) groups is 1. The van der Waals surface area contributed by atoms with Gasteiger partial charge in [-0.3, -0.25) is 14.5 Å². The molecular formula is C25H29N3O3S. The molecule has 0 radical (unpaired) electrons. The quantitative estimate of drug-likeness (QED) is 0.654. The number of aryl methyl sites for hydroxylation is 2. The van der Waals surface area contributed by atoms with Gasteiger partial charge in [0.1, 0.15) is 11.0 Å². The van der Waals surface area contributed by atoms with Crippen LogP contribution in [0.2, 0.25) is 0 Å². The molecule has 2 aromatic rings. The predicted octanol–water partition coefficient (Wildman–Crippen LogP) is 5.21. The molecule has 2 fully saturated rings. The van der Waals surface area contributed by atoms with Crippen molar-refractivity contribution < 1.29 is 14.3 Å². The molecule has 32 heavy (non-hydrogen) atoms. The summed E-state index contributed by atoms with van der Waals surface area (Å²) in [6, 6.07) is 13.6. The Kier molecular flexibility index (Phi) is 6.84. The molecule has 0 spiro atoms. The molecule has 1 unspecified atom stereocenters. The molecule has 2 amide bonds. The van der Waals surface area contributed by atoms with Crippen molar-refractivity contribution in [3.05, 3.63) is 53.6 Å². The molecule has 4 rings (SSSR count). The van der Waals surface area contributed by atoms with E-state index in [-0.39, 0.29) is 24.3 Å². The smallest absolute Gasteiger partial charge is 0.242 e. The summed E-state index contributed by atoms with van der Waals surface area (Å²) in [5, 5.41) is 3.12. The van der Waals surface area contributed by atoms with Crippen LogP contribution in [0.3, 0.4) is 0 Å². The Morgan fingerprint density at radius 1 is 1.16 bits per heavy atom. The monoisotopic (exact) mass is 451 g/mol. The number of nitrogens with zero attached hydrogens (tertiary/aromatic N) is 2. The molecule has 1 saturated heterocycles. The number of rotatable bonds is 6. The summed E-state index contributed by atoms with van der Waals surface area (Å²) >= 11 is 1.40. The molecule has 7 heteroatoms. The van der Waals surface area contributed by atoms with Crippen LogP contribution in [0.5, 0.6) is 5.75 Å². The first-order valence-corrected chi connectivity index (χ1v) is 11.9. The summed E-state index contributed by atoms with van der Waals surface area (Å²) in [5.41, 5.74) is 3.73. The molecule has 168 valence electrons. The molecule has 1 heterocycles. The minimum Gasteiger partial charge on any atom is -0.495 e. The van der Waals surface area contributed by atoms with Gasteiger partial charge in [0.15, 0.2) is 5.17 Å². The highest BCUT2D eigenvalue weighted by molar-refractivity contribution is 8.15. The molecule has 1 aliphatic heterocycles. The molecule has 2 aromatic carbocycles. The number of benzene rings is 2. The van der Waals surface area contributed by atoms with Gasteiger partial charge in [-0.05, 0) is 62.1 Å². The van der Waals surface area contributed by atoms with E-state index in [4.69, 9.17) is 9.73 Å². The Balaban J connectivity index is 1.55. The summed E-state index contributed by atoms with van der Waals surface area (Å²) in [6.07, 6.45) is 4.30. The third-order valence-electron chi connectivity index (χ3n) is 5.84. The zero-order valence-electron chi connectivity index (χ0n) is 18.8. The van der Waals surface area contributed by atoms with Gasteiger partial charge in [0.25, 0.3) is 0 Å². The van der Waals surface area contributed by atoms with Crippen molar-refractivity contribution in [1.29, 1.82) is 0 Å². The SMILES string of the molecule is COc1ccccc1NC(=O)CC1SC(=Nc2cc(C)cc(C)c2)N(C2CCCC2)C1=O. The summed E-state index contributed by atoms with van der Waals surface area (Å²) < 4.78 is 5.31. The summed E-state index contributed by atoms with van der Waals surface area (Å²) in [4.78, 5) is 32.8. The van der Waals surface area contributed by atoms with Crippen molar-refractivity contribution in [2.75, 3.05) is 12.4 Å². The third-order valence-corrected chi connectivity index (χ3v) is 6.99. The van der Waals surface area contributed by atoms with Crippen LogP contribution in [0.25, 0.3) is 0 Å². The van der Waals surface area contributed by atoms with Crippen LogP contribution in [0.4, 0.5) is 11.4 Å². The number of para-hydroxylation sites is 2. The average molecular weight is 452 g/mol. The van der Waals surface area contributed by atoms with Crippen LogP contribution in [0.1, 0.15) is 43.2 Å². The van der Waals surface area contributed by atoms with E-state index >= 15 is 0 Å². The summed E-state index contributed by atoms with van der Waals surface area (Å²) in [7, 11) is 1.57. The van der Waals surface area contributed by atoms with Crippen LogP contribution in [-0.2, 0) is 9.59 Å². The van der Waals surface area contributed by atoms with Crippen LogP contribution in [0, 0.1) is 13.8 Å². The van der Waals surface area contributed by atoms with Gasteiger partial charge >= 0.3 is 0 Å². The fourth-order valence-electron chi connectivity index (χ4n) is 4.43. The lowest BCUT2D eigenvalue weighted by Gasteiger charge is -2.23. The van der Waals surface area contributed by atoms with Crippen molar-refractivity contribution in [1.82, 2.24) is 4.90 Å². The largest absolute Gasteiger partial charge is 0.495 e. The average Bonchev–Trinajstić information content (AvgIpc) is 3.36. The number of ether oxygens (including phenoxy) is 1. The normalized spacial score (nSPS) is 20.2. The molecule has 0 aromatic heterocycles. The summed E-state index contributed by atoms with van der Waals surface area (Å²) in [5.74, 6) is 0.371. The highest BCUT2D eigenvalue weighted by Gasteiger charge is 2.43. The fourth-order valence-corrected chi connectivity index (χ4v) is 5.65. The van der Waals surface area contributed by atoms with Gasteiger partial charge in [0.05, 0.1) is 18.5 Å². The number of amides is 2. The fraction of sp³-hybridized carbons (Fsp3) is 0.400. The highest BCUT2D eigenvalue weighted by Crippen LogP contribution is 2.37. The van der Waals surface area contributed by atoms with Crippen molar-refractivity contribution >= 4 is 40.1 Å². The lowest BCUT2D eigenvalue weighted by molar-refractivity contribution is -0.129. The number of nitrogens with one attached hydrogen (secondary N) is 1. The second kappa shape index (κ2) is 9.77. The van der Waals surface area contributed by atoms with E-state index in [1.54, 1.807) is 19.2 Å². The lowest BCUT2D eigenvalue weighted by atomic mass is 10.1. The first kappa shape index (κ1) is 22.4. The minimum absolute atomic E-state index is 0.0137. The molecule has 0 bridgehead atoms. The van der Waals surface area contributed by atoms with Crippen LogP contribution in [-0.4, -0.2) is 40.3 Å². The lowest BCUT2D eigenvalue weighted by Crippen LogP contribution is -2.40. The molecule has 1 atom stereocenters. The molecule has 6 nitrogen and oxygen atoms in total. The molecule has 1 saturated carbocycles. The van der Waals surface area contributed by atoms with Crippen LogP contribution < -0.4 is 10.1 Å². The second-order valence-electron chi connectivity index (χ2n) is 8.45. The number of anilines is 1. The van der Waals surface area contributed by atoms with Gasteiger partial charge in [-0.25, -0.2) is 4.99 Å². The van der Waals surface area contributed by atoms with Gasteiger partial charge in [0.2, 0.25) is 11.8 Å². The van der Waals surface area contributed by atoms with E-state index in [0.29, 0.717) is 16.6 Å². The van der Waals surface area contributed by atoms with Crippen molar-refractivity contribution in [2.24, 2.45) is 4.99 Å². The van der Waals surface area contributed by atoms with Crippen molar-refractivity contribution in [2.45, 2.75) is 57.2 Å². The Morgan fingerprint density at radius 2 is 1.84 bits per heavy atom. The topological polar surface area (TPSA) is 71.0 Å². The van der Waals surface area contributed by atoms with E-state index in [0.717, 1.165) is 42.5 Å². The van der Waals surface area contributed by atoms with Crippen LogP contribution >= 0.6 is 11.8 Å². The molecule has 1 N–H and O–H groups in total. The first-order valence-electron chi connectivity index (χ1n) is 11.0. The van der Waals surface area contributed by atoms with Gasteiger partial charge in [-0.1, -0.05) is 42.8 Å². The van der Waals surface area contributed by atoms with E-state index < -0.39 is 5.25 Å². The highest BCUT2D eigenvalue weighted by atomic mass is 32.2. The standard InChI is InChI=1S/C25H29N3O3S/c1-16-12-17(2)14-18(13-16)26-25-28(19-8-4-5-9-19)24(30)22(32-25)15-23(29)27-20-10-6-7-11-21(20)31-3/h6-7,10-14,19,22H,4-5,8-9,15H2,1-3H3,(H,27,29). The van der Waals surface area contributed by atoms with Gasteiger partial charge < -0.3 is 10.1 Å². The number of hydrogen-bond donors (Lipinski definition) is 1.